The fourth-order valence-corrected chi connectivity index (χ4v) is 9.95. The van der Waals surface area contributed by atoms with Crippen molar-refractivity contribution in [2.75, 3.05) is 0 Å². The molecule has 37 heavy (non-hydrogen) atoms. The SMILES string of the molecule is CC(=O)O[C@H]1CC[C@]2(C)[C@H]3CC[C@]4(C)[C@@H]([C@H](C)CCCC(C)C)CC[C@H]4[C@@H]3C/C(=N/O)[C@@]2(OC(C)=O)C1. The summed E-state index contributed by atoms with van der Waals surface area (Å²) in [5, 5.41) is 14.2. The second-order valence-corrected chi connectivity index (χ2v) is 14.0. The maximum absolute atomic E-state index is 12.5. The van der Waals surface area contributed by atoms with Gasteiger partial charge in [-0.3, -0.25) is 9.59 Å². The zero-order valence-corrected chi connectivity index (χ0v) is 24.3. The number of esters is 2. The summed E-state index contributed by atoms with van der Waals surface area (Å²) >= 11 is 0. The molecule has 4 saturated carbocycles. The lowest BCUT2D eigenvalue weighted by Gasteiger charge is -2.64. The van der Waals surface area contributed by atoms with Gasteiger partial charge in [0, 0.05) is 25.7 Å². The number of fused-ring (bicyclic) bond motifs is 5. The molecule has 4 rings (SSSR count). The molecule has 6 heteroatoms. The van der Waals surface area contributed by atoms with Crippen molar-refractivity contribution >= 4 is 17.7 Å². The smallest absolute Gasteiger partial charge is 0.303 e. The third-order valence-electron chi connectivity index (χ3n) is 11.5. The monoisotopic (exact) mass is 517 g/mol. The number of oxime groups is 1. The van der Waals surface area contributed by atoms with Crippen molar-refractivity contribution in [3.63, 3.8) is 0 Å². The number of rotatable bonds is 7. The normalized spacial score (nSPS) is 43.0. The molecule has 0 amide bonds. The second kappa shape index (κ2) is 10.5. The third-order valence-corrected chi connectivity index (χ3v) is 11.5. The van der Waals surface area contributed by atoms with E-state index in [9.17, 15) is 14.8 Å². The zero-order chi connectivity index (χ0) is 27.2. The molecule has 4 aliphatic carbocycles. The molecule has 9 atom stereocenters. The van der Waals surface area contributed by atoms with Gasteiger partial charge in [-0.05, 0) is 85.9 Å². The first-order valence-electron chi connectivity index (χ1n) is 15.0. The highest BCUT2D eigenvalue weighted by Crippen LogP contribution is 2.69. The van der Waals surface area contributed by atoms with Crippen LogP contribution in [0.25, 0.3) is 0 Å². The van der Waals surface area contributed by atoms with Crippen molar-refractivity contribution in [2.45, 2.75) is 131 Å². The lowest BCUT2D eigenvalue weighted by molar-refractivity contribution is -0.204. The highest BCUT2D eigenvalue weighted by atomic mass is 16.6. The quantitative estimate of drug-likeness (QED) is 0.220. The number of carbonyl (C=O) groups excluding carboxylic acids is 2. The molecule has 1 N–H and O–H groups in total. The lowest BCUT2D eigenvalue weighted by Crippen LogP contribution is -2.68. The Morgan fingerprint density at radius 3 is 2.35 bits per heavy atom. The summed E-state index contributed by atoms with van der Waals surface area (Å²) in [6.07, 6.45) is 11.0. The van der Waals surface area contributed by atoms with Crippen molar-refractivity contribution in [1.82, 2.24) is 0 Å². The van der Waals surface area contributed by atoms with Crippen LogP contribution in [0.15, 0.2) is 5.16 Å². The van der Waals surface area contributed by atoms with Gasteiger partial charge >= 0.3 is 11.9 Å². The van der Waals surface area contributed by atoms with E-state index in [2.05, 4.69) is 39.8 Å². The van der Waals surface area contributed by atoms with E-state index < -0.39 is 5.60 Å². The van der Waals surface area contributed by atoms with E-state index in [0.29, 0.717) is 41.7 Å². The van der Waals surface area contributed by atoms with E-state index >= 15 is 0 Å². The lowest BCUT2D eigenvalue weighted by atomic mass is 9.42. The maximum Gasteiger partial charge on any atom is 0.303 e. The molecule has 0 spiro atoms. The molecule has 4 fully saturated rings. The summed E-state index contributed by atoms with van der Waals surface area (Å²) in [6.45, 7) is 14.8. The Hall–Kier alpha value is -1.59. The Labute approximate surface area is 224 Å². The minimum Gasteiger partial charge on any atom is -0.462 e. The second-order valence-electron chi connectivity index (χ2n) is 14.0. The average Bonchev–Trinajstić information content (AvgIpc) is 3.15. The van der Waals surface area contributed by atoms with E-state index in [4.69, 9.17) is 9.47 Å². The third kappa shape index (κ3) is 4.84. The Morgan fingerprint density at radius 2 is 1.73 bits per heavy atom. The van der Waals surface area contributed by atoms with Gasteiger partial charge in [0.05, 0.1) is 0 Å². The Morgan fingerprint density at radius 1 is 1.00 bits per heavy atom. The van der Waals surface area contributed by atoms with Crippen LogP contribution >= 0.6 is 0 Å². The number of carbonyl (C=O) groups is 2. The average molecular weight is 518 g/mol. The van der Waals surface area contributed by atoms with Gasteiger partial charge in [-0.1, -0.05) is 59.0 Å². The number of hydrogen-bond acceptors (Lipinski definition) is 6. The van der Waals surface area contributed by atoms with Crippen LogP contribution in [0.2, 0.25) is 0 Å². The molecule has 4 aliphatic rings. The first kappa shape index (κ1) is 28.4. The molecule has 0 heterocycles. The van der Waals surface area contributed by atoms with Gasteiger partial charge < -0.3 is 14.7 Å². The van der Waals surface area contributed by atoms with Crippen LogP contribution in [-0.4, -0.2) is 34.6 Å². The van der Waals surface area contributed by atoms with E-state index in [-0.39, 0.29) is 23.5 Å². The van der Waals surface area contributed by atoms with E-state index in [0.717, 1.165) is 37.0 Å². The van der Waals surface area contributed by atoms with Crippen LogP contribution in [-0.2, 0) is 19.1 Å². The summed E-state index contributed by atoms with van der Waals surface area (Å²) in [5.74, 6) is 2.96. The topological polar surface area (TPSA) is 85.2 Å². The van der Waals surface area contributed by atoms with Crippen LogP contribution < -0.4 is 0 Å². The fraction of sp³-hybridized carbons (Fsp3) is 0.903. The highest BCUT2D eigenvalue weighted by molar-refractivity contribution is 5.96. The summed E-state index contributed by atoms with van der Waals surface area (Å²) in [4.78, 5) is 24.3. The Bertz CT molecular complexity index is 900. The number of nitrogens with zero attached hydrogens (tertiary/aromatic N) is 1. The largest absolute Gasteiger partial charge is 0.462 e. The predicted molar refractivity (Wildman–Crippen MR) is 144 cm³/mol. The highest BCUT2D eigenvalue weighted by Gasteiger charge is 2.69. The molecule has 0 bridgehead atoms. The van der Waals surface area contributed by atoms with E-state index in [1.165, 1.54) is 52.4 Å². The first-order valence-corrected chi connectivity index (χ1v) is 15.0. The predicted octanol–water partition coefficient (Wildman–Crippen LogP) is 7.17. The van der Waals surface area contributed by atoms with Crippen molar-refractivity contribution in [1.29, 1.82) is 0 Å². The fourth-order valence-electron chi connectivity index (χ4n) is 9.95. The van der Waals surface area contributed by atoms with Crippen molar-refractivity contribution < 1.29 is 24.3 Å². The minimum atomic E-state index is -1.02. The molecule has 0 aromatic heterocycles. The number of hydrogen-bond donors (Lipinski definition) is 1. The maximum atomic E-state index is 12.5. The summed E-state index contributed by atoms with van der Waals surface area (Å²) < 4.78 is 11.8. The molecular formula is C31H51NO5. The zero-order valence-electron chi connectivity index (χ0n) is 24.3. The standard InChI is InChI=1S/C31H51NO5/c1-19(2)9-8-10-20(3)25-11-12-26-24-17-28(32-35)31(37-22(5)34)18-23(36-21(4)33)13-16-30(31,7)27(24)14-15-29(25,26)6/h19-20,23-27,35H,8-18H2,1-7H3/b32-28-/t20-,23+,24+,25-,26+,27+,29-,30-,31+/m1/s1. The van der Waals surface area contributed by atoms with Gasteiger partial charge in [0.15, 0.2) is 5.60 Å². The molecule has 210 valence electrons. The van der Waals surface area contributed by atoms with Crippen LogP contribution in [0.5, 0.6) is 0 Å². The van der Waals surface area contributed by atoms with E-state index in [1.54, 1.807) is 0 Å². The summed E-state index contributed by atoms with van der Waals surface area (Å²) in [5.41, 5.74) is -0.474. The molecule has 0 unspecified atom stereocenters. The molecular weight excluding hydrogens is 466 g/mol. The summed E-state index contributed by atoms with van der Waals surface area (Å²) in [6, 6.07) is 0. The molecule has 0 radical (unpaired) electrons. The van der Waals surface area contributed by atoms with Crippen LogP contribution in [0.3, 0.4) is 0 Å². The molecule has 0 saturated heterocycles. The molecule has 0 aromatic rings. The van der Waals surface area contributed by atoms with Crippen LogP contribution in [0.4, 0.5) is 0 Å². The van der Waals surface area contributed by atoms with Gasteiger partial charge in [0.1, 0.15) is 11.8 Å². The van der Waals surface area contributed by atoms with Gasteiger partial charge in [0.25, 0.3) is 0 Å². The van der Waals surface area contributed by atoms with Crippen LogP contribution in [0.1, 0.15) is 119 Å². The van der Waals surface area contributed by atoms with Crippen molar-refractivity contribution in [3.05, 3.63) is 0 Å². The summed E-state index contributed by atoms with van der Waals surface area (Å²) in [7, 11) is 0. The molecule has 0 aliphatic heterocycles. The molecule has 6 nitrogen and oxygen atoms in total. The number of ether oxygens (including phenoxy) is 2. The van der Waals surface area contributed by atoms with Crippen molar-refractivity contribution in [2.24, 2.45) is 51.5 Å². The minimum absolute atomic E-state index is 0.311. The van der Waals surface area contributed by atoms with E-state index in [1.807, 2.05) is 0 Å². The van der Waals surface area contributed by atoms with Gasteiger partial charge in [0.2, 0.25) is 0 Å². The Balaban J connectivity index is 1.63. The first-order chi connectivity index (χ1) is 17.4. The Kier molecular flexibility index (Phi) is 8.08. The molecule has 0 aromatic carbocycles. The van der Waals surface area contributed by atoms with Crippen LogP contribution in [0, 0.1) is 46.3 Å². The van der Waals surface area contributed by atoms with Gasteiger partial charge in [-0.15, -0.1) is 0 Å². The van der Waals surface area contributed by atoms with Gasteiger partial charge in [-0.25, -0.2) is 0 Å². The van der Waals surface area contributed by atoms with Crippen molar-refractivity contribution in [3.8, 4) is 0 Å². The van der Waals surface area contributed by atoms with Gasteiger partial charge in [-0.2, -0.15) is 0 Å².